The van der Waals surface area contributed by atoms with E-state index < -0.39 is 0 Å². The molecule has 4 nitrogen and oxygen atoms in total. The Morgan fingerprint density at radius 1 is 1.07 bits per heavy atom. The van der Waals surface area contributed by atoms with Crippen molar-refractivity contribution in [2.75, 3.05) is 5.75 Å². The van der Waals surface area contributed by atoms with Crippen molar-refractivity contribution in [1.82, 2.24) is 9.99 Å². The number of aromatic nitrogens is 1. The highest BCUT2D eigenvalue weighted by atomic mass is 35.5. The molecule has 3 aromatic rings. The minimum Gasteiger partial charge on any atom is -0.316 e. The predicted molar refractivity (Wildman–Crippen MR) is 129 cm³/mol. The molecule has 0 atom stereocenters. The number of amides is 1. The Hall–Kier alpha value is -1.92. The van der Waals surface area contributed by atoms with Gasteiger partial charge in [0.2, 0.25) is 5.91 Å². The van der Waals surface area contributed by atoms with Gasteiger partial charge in [0.25, 0.3) is 0 Å². The molecule has 0 bridgehead atoms. The zero-order valence-corrected chi connectivity index (χ0v) is 19.5. The van der Waals surface area contributed by atoms with Crippen LogP contribution in [0.5, 0.6) is 0 Å². The van der Waals surface area contributed by atoms with Gasteiger partial charge in [0.1, 0.15) is 0 Å². The fraction of sp³-hybridized carbons (Fsp3) is 0.182. The van der Waals surface area contributed by atoms with Crippen LogP contribution < -0.4 is 5.43 Å². The van der Waals surface area contributed by atoms with Crippen molar-refractivity contribution in [3.05, 3.63) is 86.1 Å². The van der Waals surface area contributed by atoms with E-state index in [1.807, 2.05) is 54.8 Å². The molecular weight excluding hydrogens is 461 g/mol. The molecule has 0 aliphatic heterocycles. The molecule has 0 aliphatic carbocycles. The second kappa shape index (κ2) is 10.4. The van der Waals surface area contributed by atoms with E-state index in [2.05, 4.69) is 10.5 Å². The van der Waals surface area contributed by atoms with Crippen LogP contribution in [0.1, 0.15) is 22.5 Å². The molecule has 0 saturated carbocycles. The highest BCUT2D eigenvalue weighted by molar-refractivity contribution is 7.99. The Kier molecular flexibility index (Phi) is 7.89. The lowest BCUT2D eigenvalue weighted by atomic mass is 10.2. The maximum atomic E-state index is 12.0. The minimum absolute atomic E-state index is 0.153. The number of thioether (sulfide) groups is 1. The lowest BCUT2D eigenvalue weighted by Gasteiger charge is -2.11. The van der Waals surface area contributed by atoms with E-state index in [1.54, 1.807) is 18.3 Å². The Morgan fingerprint density at radius 3 is 2.47 bits per heavy atom. The summed E-state index contributed by atoms with van der Waals surface area (Å²) < 4.78 is 2.03. The van der Waals surface area contributed by atoms with Crippen molar-refractivity contribution >= 4 is 58.7 Å². The van der Waals surface area contributed by atoms with Crippen LogP contribution in [0, 0.1) is 13.8 Å². The average Bonchev–Trinajstić information content (AvgIpc) is 2.97. The van der Waals surface area contributed by atoms with Crippen LogP contribution in [0.2, 0.25) is 15.1 Å². The number of carbonyl (C=O) groups is 1. The number of hydrazone groups is 1. The van der Waals surface area contributed by atoms with Crippen LogP contribution in [-0.2, 0) is 10.5 Å². The van der Waals surface area contributed by atoms with E-state index in [0.29, 0.717) is 20.8 Å². The first kappa shape index (κ1) is 22.8. The third kappa shape index (κ3) is 5.82. The smallest absolute Gasteiger partial charge is 0.250 e. The molecule has 0 spiro atoms. The van der Waals surface area contributed by atoms with Crippen LogP contribution in [0.25, 0.3) is 5.69 Å². The summed E-state index contributed by atoms with van der Waals surface area (Å²) in [6.45, 7) is 3.96. The number of nitrogens with one attached hydrogen (secondary N) is 1. The highest BCUT2D eigenvalue weighted by Gasteiger charge is 2.12. The standard InChI is InChI=1S/C22H20Cl3N3OS/c1-14-9-17(15(2)28(14)21-8-7-19(24)10-20(21)25)11-26-27-22(29)13-30-12-16-3-5-18(23)6-4-16/h3-11H,12-13H2,1-2H3,(H,27,29)/b26-11-. The minimum atomic E-state index is -0.153. The van der Waals surface area contributed by atoms with Gasteiger partial charge in [0.05, 0.1) is 22.7 Å². The van der Waals surface area contributed by atoms with Crippen molar-refractivity contribution in [2.24, 2.45) is 5.10 Å². The summed E-state index contributed by atoms with van der Waals surface area (Å²) in [5, 5.41) is 5.96. The molecule has 2 aromatic carbocycles. The Labute approximate surface area is 195 Å². The van der Waals surface area contributed by atoms with Gasteiger partial charge >= 0.3 is 0 Å². The summed E-state index contributed by atoms with van der Waals surface area (Å²) in [6, 6.07) is 15.0. The van der Waals surface area contributed by atoms with Crippen LogP contribution >= 0.6 is 46.6 Å². The lowest BCUT2D eigenvalue weighted by molar-refractivity contribution is -0.118. The van der Waals surface area contributed by atoms with E-state index in [1.165, 1.54) is 11.8 Å². The summed E-state index contributed by atoms with van der Waals surface area (Å²) in [5.41, 5.74) is 7.41. The lowest BCUT2D eigenvalue weighted by Crippen LogP contribution is -2.19. The number of hydrogen-bond acceptors (Lipinski definition) is 3. The van der Waals surface area contributed by atoms with Gasteiger partial charge in [0.15, 0.2) is 0 Å². The average molecular weight is 481 g/mol. The van der Waals surface area contributed by atoms with Crippen molar-refractivity contribution < 1.29 is 4.79 Å². The van der Waals surface area contributed by atoms with Crippen molar-refractivity contribution in [3.8, 4) is 5.69 Å². The van der Waals surface area contributed by atoms with Gasteiger partial charge in [-0.25, -0.2) is 5.43 Å². The Balaban J connectivity index is 1.58. The van der Waals surface area contributed by atoms with Gasteiger partial charge in [-0.15, -0.1) is 11.8 Å². The van der Waals surface area contributed by atoms with Gasteiger partial charge in [0, 0.05) is 32.7 Å². The number of carbonyl (C=O) groups excluding carboxylic acids is 1. The topological polar surface area (TPSA) is 46.4 Å². The highest BCUT2D eigenvalue weighted by Crippen LogP contribution is 2.28. The quantitative estimate of drug-likeness (QED) is 0.312. The molecule has 0 saturated heterocycles. The molecule has 8 heteroatoms. The van der Waals surface area contributed by atoms with Gasteiger partial charge in [-0.1, -0.05) is 46.9 Å². The number of hydrogen-bond donors (Lipinski definition) is 1. The maximum absolute atomic E-state index is 12.0. The molecule has 30 heavy (non-hydrogen) atoms. The van der Waals surface area contributed by atoms with E-state index in [9.17, 15) is 4.79 Å². The summed E-state index contributed by atoms with van der Waals surface area (Å²) in [7, 11) is 0. The predicted octanol–water partition coefficient (Wildman–Crippen LogP) is 6.44. The molecule has 0 aliphatic rings. The summed E-state index contributed by atoms with van der Waals surface area (Å²) in [6.07, 6.45) is 1.64. The summed E-state index contributed by atoms with van der Waals surface area (Å²) in [4.78, 5) is 12.0. The largest absolute Gasteiger partial charge is 0.316 e. The molecule has 1 heterocycles. The number of halogens is 3. The Bertz CT molecular complexity index is 1080. The zero-order valence-electron chi connectivity index (χ0n) is 16.5. The van der Waals surface area contributed by atoms with Gasteiger partial charge in [-0.05, 0) is 55.8 Å². The molecule has 156 valence electrons. The summed E-state index contributed by atoms with van der Waals surface area (Å²) >= 11 is 19.8. The van der Waals surface area contributed by atoms with Crippen molar-refractivity contribution in [2.45, 2.75) is 19.6 Å². The van der Waals surface area contributed by atoms with Gasteiger partial charge in [-0.3, -0.25) is 4.79 Å². The molecule has 1 N–H and O–H groups in total. The van der Waals surface area contributed by atoms with Crippen LogP contribution in [0.4, 0.5) is 0 Å². The first-order chi connectivity index (χ1) is 14.3. The second-order valence-electron chi connectivity index (χ2n) is 6.67. The van der Waals surface area contributed by atoms with Crippen LogP contribution in [-0.4, -0.2) is 22.4 Å². The monoisotopic (exact) mass is 479 g/mol. The van der Waals surface area contributed by atoms with E-state index in [-0.39, 0.29) is 5.91 Å². The van der Waals surface area contributed by atoms with E-state index >= 15 is 0 Å². The maximum Gasteiger partial charge on any atom is 0.250 e. The number of aryl methyl sites for hydroxylation is 1. The van der Waals surface area contributed by atoms with Crippen molar-refractivity contribution in [1.29, 1.82) is 0 Å². The van der Waals surface area contributed by atoms with Gasteiger partial charge < -0.3 is 4.57 Å². The fourth-order valence-corrected chi connectivity index (χ4v) is 4.40. The number of nitrogens with zero attached hydrogens (tertiary/aromatic N) is 2. The first-order valence-corrected chi connectivity index (χ1v) is 11.4. The normalized spacial score (nSPS) is 11.2. The molecule has 0 radical (unpaired) electrons. The fourth-order valence-electron chi connectivity index (χ4n) is 3.00. The second-order valence-corrected chi connectivity index (χ2v) is 8.94. The van der Waals surface area contributed by atoms with Crippen LogP contribution in [0.3, 0.4) is 0 Å². The third-order valence-corrected chi connectivity index (χ3v) is 6.22. The summed E-state index contributed by atoms with van der Waals surface area (Å²) in [5.74, 6) is 0.899. The van der Waals surface area contributed by atoms with Crippen molar-refractivity contribution in [3.63, 3.8) is 0 Å². The van der Waals surface area contributed by atoms with Crippen LogP contribution in [0.15, 0.2) is 53.6 Å². The number of benzene rings is 2. The van der Waals surface area contributed by atoms with Gasteiger partial charge in [-0.2, -0.15) is 5.10 Å². The zero-order chi connectivity index (χ0) is 21.7. The first-order valence-electron chi connectivity index (χ1n) is 9.13. The third-order valence-electron chi connectivity index (χ3n) is 4.43. The molecular formula is C22H20Cl3N3OS. The van der Waals surface area contributed by atoms with E-state index in [0.717, 1.165) is 34.0 Å². The SMILES string of the molecule is Cc1cc(/C=N\NC(=O)CSCc2ccc(Cl)cc2)c(C)n1-c1ccc(Cl)cc1Cl. The molecule has 1 aromatic heterocycles. The number of rotatable bonds is 7. The molecule has 3 rings (SSSR count). The van der Waals surface area contributed by atoms with E-state index in [4.69, 9.17) is 34.8 Å². The molecule has 0 unspecified atom stereocenters. The molecule has 0 fully saturated rings. The molecule has 1 amide bonds. The Morgan fingerprint density at radius 2 is 1.77 bits per heavy atom.